The topological polar surface area (TPSA) is 142 Å². The quantitative estimate of drug-likeness (QED) is 0.315. The van der Waals surface area contributed by atoms with Gasteiger partial charge in [0.1, 0.15) is 6.04 Å². The van der Waals surface area contributed by atoms with Crippen molar-refractivity contribution in [2.75, 3.05) is 19.7 Å². The van der Waals surface area contributed by atoms with E-state index >= 15 is 0 Å². The Morgan fingerprint density at radius 3 is 2.27 bits per heavy atom. The molecule has 1 unspecified atom stereocenters. The van der Waals surface area contributed by atoms with E-state index in [9.17, 15) is 14.4 Å². The van der Waals surface area contributed by atoms with E-state index in [1.54, 1.807) is 0 Å². The Labute approximate surface area is 85.4 Å². The molecule has 0 aliphatic rings. The van der Waals surface area contributed by atoms with Gasteiger partial charge in [-0.3, -0.25) is 9.59 Å². The first kappa shape index (κ1) is 13.3. The number of carboxylic acids is 1. The van der Waals surface area contributed by atoms with Crippen LogP contribution in [-0.2, 0) is 14.4 Å². The van der Waals surface area contributed by atoms with Crippen molar-refractivity contribution >= 4 is 17.8 Å². The number of aliphatic hydroxyl groups is 1. The molecule has 0 bridgehead atoms. The summed E-state index contributed by atoms with van der Waals surface area (Å²) in [5.74, 6) is -2.59. The van der Waals surface area contributed by atoms with E-state index in [-0.39, 0.29) is 13.1 Å². The van der Waals surface area contributed by atoms with Gasteiger partial charge in [-0.25, -0.2) is 4.79 Å². The average molecular weight is 219 g/mol. The van der Waals surface area contributed by atoms with Crippen LogP contribution in [-0.4, -0.2) is 53.7 Å². The highest BCUT2D eigenvalue weighted by molar-refractivity contribution is 5.88. The average Bonchev–Trinajstić information content (AvgIpc) is 2.21. The van der Waals surface area contributed by atoms with Gasteiger partial charge in [-0.05, 0) is 0 Å². The first-order chi connectivity index (χ1) is 7.01. The predicted molar refractivity (Wildman–Crippen MR) is 48.7 cm³/mol. The molecule has 0 aromatic heterocycles. The summed E-state index contributed by atoms with van der Waals surface area (Å²) < 4.78 is 0. The van der Waals surface area contributed by atoms with Crippen LogP contribution in [0.2, 0.25) is 0 Å². The molecule has 1 atom stereocenters. The van der Waals surface area contributed by atoms with Crippen LogP contribution in [0.3, 0.4) is 0 Å². The molecule has 0 aliphatic heterocycles. The Kier molecular flexibility index (Phi) is 5.99. The van der Waals surface area contributed by atoms with Crippen LogP contribution in [0.5, 0.6) is 0 Å². The van der Waals surface area contributed by atoms with Gasteiger partial charge in [-0.2, -0.15) is 0 Å². The maximum absolute atomic E-state index is 11.0. The number of amides is 2. The van der Waals surface area contributed by atoms with E-state index in [1.165, 1.54) is 0 Å². The molecule has 0 radical (unpaired) electrons. The Morgan fingerprint density at radius 2 is 1.87 bits per heavy atom. The molecule has 0 saturated heterocycles. The molecule has 0 aromatic rings. The van der Waals surface area contributed by atoms with Gasteiger partial charge in [0.05, 0.1) is 19.7 Å². The molecular formula is C7H13N3O5. The smallest absolute Gasteiger partial charge is 0.328 e. The Hall–Kier alpha value is -1.67. The predicted octanol–water partition coefficient (Wildman–Crippen LogP) is -3.38. The lowest BCUT2D eigenvalue weighted by molar-refractivity contribution is -0.142. The zero-order chi connectivity index (χ0) is 11.8. The number of carbonyl (C=O) groups is 3. The summed E-state index contributed by atoms with van der Waals surface area (Å²) >= 11 is 0. The van der Waals surface area contributed by atoms with Crippen LogP contribution in [0.15, 0.2) is 0 Å². The molecule has 0 aliphatic carbocycles. The minimum absolute atomic E-state index is 0.254. The van der Waals surface area contributed by atoms with Gasteiger partial charge in [-0.1, -0.05) is 0 Å². The van der Waals surface area contributed by atoms with E-state index in [1.807, 2.05) is 5.32 Å². The molecule has 0 rings (SSSR count). The van der Waals surface area contributed by atoms with Crippen LogP contribution in [0.1, 0.15) is 0 Å². The third-order valence-electron chi connectivity index (χ3n) is 1.45. The van der Waals surface area contributed by atoms with E-state index in [2.05, 4.69) is 5.32 Å². The second-order valence-electron chi connectivity index (χ2n) is 2.62. The Bertz CT molecular complexity index is 255. The monoisotopic (exact) mass is 219 g/mol. The molecule has 0 heterocycles. The van der Waals surface area contributed by atoms with E-state index < -0.39 is 30.4 Å². The molecular weight excluding hydrogens is 206 g/mol. The minimum Gasteiger partial charge on any atom is -0.480 e. The highest BCUT2D eigenvalue weighted by Crippen LogP contribution is 1.81. The number of rotatable bonds is 6. The molecule has 8 heteroatoms. The van der Waals surface area contributed by atoms with E-state index in [4.69, 9.17) is 15.9 Å². The molecule has 0 fully saturated rings. The SMILES string of the molecule is NCC(=O)NCC(=O)NC(CO)C(=O)O. The maximum atomic E-state index is 11.0. The van der Waals surface area contributed by atoms with Crippen molar-refractivity contribution in [3.63, 3.8) is 0 Å². The minimum atomic E-state index is -1.37. The zero-order valence-electron chi connectivity index (χ0n) is 7.90. The van der Waals surface area contributed by atoms with Crippen LogP contribution in [0.4, 0.5) is 0 Å². The number of hydrogen-bond acceptors (Lipinski definition) is 5. The first-order valence-electron chi connectivity index (χ1n) is 4.11. The molecule has 86 valence electrons. The summed E-state index contributed by atoms with van der Waals surface area (Å²) in [6.45, 7) is -1.35. The van der Waals surface area contributed by atoms with Gasteiger partial charge in [-0.15, -0.1) is 0 Å². The number of nitrogens with two attached hydrogens (primary N) is 1. The summed E-state index contributed by atoms with van der Waals surface area (Å²) in [6.07, 6.45) is 0. The van der Waals surface area contributed by atoms with Gasteiger partial charge in [0, 0.05) is 0 Å². The summed E-state index contributed by atoms with van der Waals surface area (Å²) in [5.41, 5.74) is 4.96. The van der Waals surface area contributed by atoms with Crippen LogP contribution < -0.4 is 16.4 Å². The maximum Gasteiger partial charge on any atom is 0.328 e. The van der Waals surface area contributed by atoms with Gasteiger partial charge in [0.25, 0.3) is 0 Å². The van der Waals surface area contributed by atoms with Crippen molar-refractivity contribution in [1.82, 2.24) is 10.6 Å². The summed E-state index contributed by atoms with van der Waals surface area (Å²) in [5, 5.41) is 21.2. The molecule has 15 heavy (non-hydrogen) atoms. The third kappa shape index (κ3) is 5.60. The van der Waals surface area contributed by atoms with Gasteiger partial charge >= 0.3 is 5.97 Å². The highest BCUT2D eigenvalue weighted by atomic mass is 16.4. The lowest BCUT2D eigenvalue weighted by atomic mass is 10.3. The van der Waals surface area contributed by atoms with E-state index in [0.717, 1.165) is 0 Å². The summed E-state index contributed by atoms with van der Waals surface area (Å²) in [6, 6.07) is -1.37. The lowest BCUT2D eigenvalue weighted by Crippen LogP contribution is -2.47. The van der Waals surface area contributed by atoms with E-state index in [0.29, 0.717) is 0 Å². The van der Waals surface area contributed by atoms with Crippen LogP contribution in [0, 0.1) is 0 Å². The third-order valence-corrected chi connectivity index (χ3v) is 1.45. The van der Waals surface area contributed by atoms with Crippen LogP contribution in [0.25, 0.3) is 0 Å². The lowest BCUT2D eigenvalue weighted by Gasteiger charge is -2.11. The van der Waals surface area contributed by atoms with Crippen molar-refractivity contribution in [3.8, 4) is 0 Å². The molecule has 2 amide bonds. The molecule has 0 spiro atoms. The number of hydrogen-bond donors (Lipinski definition) is 5. The molecule has 0 aromatic carbocycles. The molecule has 0 saturated carbocycles. The summed E-state index contributed by atoms with van der Waals surface area (Å²) in [4.78, 5) is 32.0. The fraction of sp³-hybridized carbons (Fsp3) is 0.571. The fourth-order valence-corrected chi connectivity index (χ4v) is 0.682. The number of nitrogens with one attached hydrogen (secondary N) is 2. The highest BCUT2D eigenvalue weighted by Gasteiger charge is 2.18. The fourth-order valence-electron chi connectivity index (χ4n) is 0.682. The second-order valence-corrected chi connectivity index (χ2v) is 2.62. The second kappa shape index (κ2) is 6.74. The van der Waals surface area contributed by atoms with Gasteiger partial charge < -0.3 is 26.6 Å². The van der Waals surface area contributed by atoms with Crippen molar-refractivity contribution < 1.29 is 24.6 Å². The summed E-state index contributed by atoms with van der Waals surface area (Å²) in [7, 11) is 0. The number of carbonyl (C=O) groups excluding carboxylic acids is 2. The Morgan fingerprint density at radius 1 is 1.27 bits per heavy atom. The normalized spacial score (nSPS) is 11.6. The zero-order valence-corrected chi connectivity index (χ0v) is 7.90. The van der Waals surface area contributed by atoms with Crippen LogP contribution >= 0.6 is 0 Å². The van der Waals surface area contributed by atoms with Crippen molar-refractivity contribution in [1.29, 1.82) is 0 Å². The largest absolute Gasteiger partial charge is 0.480 e. The van der Waals surface area contributed by atoms with Gasteiger partial charge in [0.2, 0.25) is 11.8 Å². The standard InChI is InChI=1S/C7H13N3O5/c8-1-5(12)9-2-6(13)10-4(3-11)7(14)15/h4,11H,1-3,8H2,(H,9,12)(H,10,13)(H,14,15). The number of aliphatic carboxylic acids is 1. The molecule has 6 N–H and O–H groups in total. The van der Waals surface area contributed by atoms with Crippen molar-refractivity contribution in [2.24, 2.45) is 5.73 Å². The number of carboxylic acid groups (broad SMARTS) is 1. The number of aliphatic hydroxyl groups excluding tert-OH is 1. The first-order valence-corrected chi connectivity index (χ1v) is 4.11. The van der Waals surface area contributed by atoms with Gasteiger partial charge in [0.15, 0.2) is 0 Å². The van der Waals surface area contributed by atoms with Crippen molar-refractivity contribution in [3.05, 3.63) is 0 Å². The molecule has 8 nitrogen and oxygen atoms in total. The van der Waals surface area contributed by atoms with Crippen molar-refractivity contribution in [2.45, 2.75) is 6.04 Å². The Balaban J connectivity index is 3.91.